The lowest BCUT2D eigenvalue weighted by molar-refractivity contribution is -0.214. The molecule has 0 spiro atoms. The Labute approximate surface area is 198 Å². The predicted molar refractivity (Wildman–Crippen MR) is 131 cm³/mol. The summed E-state index contributed by atoms with van der Waals surface area (Å²) in [7, 11) is 0. The van der Waals surface area contributed by atoms with Gasteiger partial charge in [0.1, 0.15) is 5.82 Å². The quantitative estimate of drug-likeness (QED) is 0.466. The summed E-state index contributed by atoms with van der Waals surface area (Å²) in [5.74, 6) is 3.34. The maximum absolute atomic E-state index is 15.1. The molecule has 0 N–H and O–H groups in total. The Kier molecular flexibility index (Phi) is 7.18. The standard InChI is InChI=1S/C30H39FO2/c1-20-3-7-22(8-4-20)23-11-13-25(14-12-23)28-16-15-26(17-29(28)31)30-32-18-27(19-33-30)24-9-5-21(2)6-10-24/h11-17,20-22,24,27,30H,3-10,18-19H2,1-2H3. The van der Waals surface area contributed by atoms with Crippen molar-refractivity contribution in [1.29, 1.82) is 0 Å². The van der Waals surface area contributed by atoms with Crippen LogP contribution in [0.3, 0.4) is 0 Å². The molecule has 0 aromatic heterocycles. The minimum Gasteiger partial charge on any atom is -0.348 e. The van der Waals surface area contributed by atoms with E-state index in [9.17, 15) is 0 Å². The number of hydrogen-bond acceptors (Lipinski definition) is 2. The summed E-state index contributed by atoms with van der Waals surface area (Å²) < 4.78 is 27.2. The molecule has 2 aliphatic carbocycles. The molecule has 1 aliphatic heterocycles. The molecule has 0 amide bonds. The van der Waals surface area contributed by atoms with Crippen LogP contribution in [0.4, 0.5) is 4.39 Å². The highest BCUT2D eigenvalue weighted by Gasteiger charge is 2.32. The van der Waals surface area contributed by atoms with Crippen LogP contribution in [0, 0.1) is 29.5 Å². The van der Waals surface area contributed by atoms with Crippen LogP contribution < -0.4 is 0 Å². The molecule has 3 aliphatic rings. The second-order valence-corrected chi connectivity index (χ2v) is 11.1. The van der Waals surface area contributed by atoms with E-state index in [0.717, 1.165) is 23.0 Å². The van der Waals surface area contributed by atoms with Crippen LogP contribution >= 0.6 is 0 Å². The second-order valence-electron chi connectivity index (χ2n) is 11.1. The third-order valence-corrected chi connectivity index (χ3v) is 8.62. The van der Waals surface area contributed by atoms with Crippen LogP contribution in [-0.2, 0) is 9.47 Å². The normalized spacial score (nSPS) is 33.1. The van der Waals surface area contributed by atoms with Gasteiger partial charge in [-0.3, -0.25) is 0 Å². The molecule has 2 nitrogen and oxygen atoms in total. The Balaban J connectivity index is 1.20. The number of ether oxygens (including phenoxy) is 2. The Hall–Kier alpha value is -1.71. The fourth-order valence-corrected chi connectivity index (χ4v) is 6.18. The van der Waals surface area contributed by atoms with E-state index in [1.165, 1.54) is 56.9 Å². The lowest BCUT2D eigenvalue weighted by atomic mass is 9.76. The van der Waals surface area contributed by atoms with Gasteiger partial charge in [0.15, 0.2) is 6.29 Å². The molecular formula is C30H39FO2. The smallest absolute Gasteiger partial charge is 0.183 e. The van der Waals surface area contributed by atoms with E-state index >= 15 is 4.39 Å². The van der Waals surface area contributed by atoms with Gasteiger partial charge in [0.05, 0.1) is 13.2 Å². The molecule has 1 heterocycles. The molecule has 3 heteroatoms. The van der Waals surface area contributed by atoms with Gasteiger partial charge in [0.2, 0.25) is 0 Å². The van der Waals surface area contributed by atoms with Gasteiger partial charge in [-0.25, -0.2) is 4.39 Å². The molecular weight excluding hydrogens is 411 g/mol. The number of rotatable bonds is 4. The summed E-state index contributed by atoms with van der Waals surface area (Å²) in [6.45, 7) is 6.14. The average molecular weight is 451 g/mol. The molecule has 178 valence electrons. The van der Waals surface area contributed by atoms with Crippen LogP contribution in [0.2, 0.25) is 0 Å². The Morgan fingerprint density at radius 3 is 1.85 bits per heavy atom. The molecule has 0 unspecified atom stereocenters. The topological polar surface area (TPSA) is 18.5 Å². The van der Waals surface area contributed by atoms with Crippen molar-refractivity contribution in [2.75, 3.05) is 13.2 Å². The van der Waals surface area contributed by atoms with E-state index in [2.05, 4.69) is 38.1 Å². The summed E-state index contributed by atoms with van der Waals surface area (Å²) in [5.41, 5.74) is 3.75. The Bertz CT molecular complexity index is 899. The summed E-state index contributed by atoms with van der Waals surface area (Å²) in [6.07, 6.45) is 9.91. The van der Waals surface area contributed by atoms with E-state index in [1.807, 2.05) is 12.1 Å². The largest absolute Gasteiger partial charge is 0.348 e. The molecule has 5 rings (SSSR count). The second kappa shape index (κ2) is 10.3. The highest BCUT2D eigenvalue weighted by Crippen LogP contribution is 2.39. The first kappa shape index (κ1) is 23.1. The van der Waals surface area contributed by atoms with Crippen molar-refractivity contribution in [3.63, 3.8) is 0 Å². The zero-order chi connectivity index (χ0) is 22.8. The zero-order valence-corrected chi connectivity index (χ0v) is 20.3. The average Bonchev–Trinajstić information content (AvgIpc) is 2.85. The van der Waals surface area contributed by atoms with Crippen molar-refractivity contribution >= 4 is 0 Å². The molecule has 0 radical (unpaired) electrons. The van der Waals surface area contributed by atoms with Gasteiger partial charge in [-0.1, -0.05) is 75.9 Å². The van der Waals surface area contributed by atoms with Crippen molar-refractivity contribution in [1.82, 2.24) is 0 Å². The van der Waals surface area contributed by atoms with Crippen LogP contribution in [0.15, 0.2) is 42.5 Å². The number of benzene rings is 2. The van der Waals surface area contributed by atoms with Crippen LogP contribution in [0.25, 0.3) is 11.1 Å². The van der Waals surface area contributed by atoms with Crippen LogP contribution in [0.5, 0.6) is 0 Å². The van der Waals surface area contributed by atoms with E-state index < -0.39 is 6.29 Å². The monoisotopic (exact) mass is 450 g/mol. The molecule has 0 atom stereocenters. The first-order valence-electron chi connectivity index (χ1n) is 13.2. The van der Waals surface area contributed by atoms with Crippen LogP contribution in [-0.4, -0.2) is 13.2 Å². The highest BCUT2D eigenvalue weighted by atomic mass is 19.1. The van der Waals surface area contributed by atoms with Gasteiger partial charge in [0.25, 0.3) is 0 Å². The highest BCUT2D eigenvalue weighted by molar-refractivity contribution is 5.65. The van der Waals surface area contributed by atoms with E-state index in [0.29, 0.717) is 36.5 Å². The fourth-order valence-electron chi connectivity index (χ4n) is 6.18. The maximum atomic E-state index is 15.1. The summed E-state index contributed by atoms with van der Waals surface area (Å²) in [5, 5.41) is 0. The lowest BCUT2D eigenvalue weighted by Crippen LogP contribution is -2.34. The predicted octanol–water partition coefficient (Wildman–Crippen LogP) is 8.27. The van der Waals surface area contributed by atoms with Gasteiger partial charge < -0.3 is 9.47 Å². The summed E-state index contributed by atoms with van der Waals surface area (Å²) in [4.78, 5) is 0. The van der Waals surface area contributed by atoms with Gasteiger partial charge >= 0.3 is 0 Å². The third kappa shape index (κ3) is 5.35. The van der Waals surface area contributed by atoms with Gasteiger partial charge in [0, 0.05) is 17.0 Å². The van der Waals surface area contributed by atoms with Gasteiger partial charge in [-0.2, -0.15) is 0 Å². The zero-order valence-electron chi connectivity index (χ0n) is 20.3. The van der Waals surface area contributed by atoms with Crippen LogP contribution in [0.1, 0.15) is 88.5 Å². The molecule has 2 saturated carbocycles. The first-order chi connectivity index (χ1) is 16.1. The Morgan fingerprint density at radius 1 is 0.667 bits per heavy atom. The Morgan fingerprint density at radius 2 is 1.24 bits per heavy atom. The SMILES string of the molecule is CC1CCC(c2ccc(-c3ccc(C4OCC(C5CCC(C)CC5)CO4)cc3F)cc2)CC1. The van der Waals surface area contributed by atoms with Gasteiger partial charge in [-0.15, -0.1) is 0 Å². The van der Waals surface area contributed by atoms with E-state index in [-0.39, 0.29) is 5.82 Å². The minimum atomic E-state index is -0.455. The molecule has 2 aromatic carbocycles. The third-order valence-electron chi connectivity index (χ3n) is 8.62. The molecule has 3 fully saturated rings. The lowest BCUT2D eigenvalue weighted by Gasteiger charge is -2.37. The minimum absolute atomic E-state index is 0.206. The van der Waals surface area contributed by atoms with Crippen molar-refractivity contribution in [3.05, 3.63) is 59.4 Å². The molecule has 0 bridgehead atoms. The van der Waals surface area contributed by atoms with Crippen molar-refractivity contribution in [2.45, 2.75) is 77.4 Å². The first-order valence-corrected chi connectivity index (χ1v) is 13.2. The molecule has 1 saturated heterocycles. The van der Waals surface area contributed by atoms with E-state index in [4.69, 9.17) is 9.47 Å². The summed E-state index contributed by atoms with van der Waals surface area (Å²) >= 11 is 0. The molecule has 2 aromatic rings. The number of halogens is 1. The summed E-state index contributed by atoms with van der Waals surface area (Å²) in [6, 6.07) is 14.0. The fraction of sp³-hybridized carbons (Fsp3) is 0.600. The van der Waals surface area contributed by atoms with Gasteiger partial charge in [-0.05, 0) is 66.5 Å². The van der Waals surface area contributed by atoms with Crippen molar-refractivity contribution in [2.24, 2.45) is 23.7 Å². The van der Waals surface area contributed by atoms with Crippen molar-refractivity contribution < 1.29 is 13.9 Å². The molecule has 33 heavy (non-hydrogen) atoms. The van der Waals surface area contributed by atoms with E-state index in [1.54, 1.807) is 6.07 Å². The maximum Gasteiger partial charge on any atom is 0.183 e. The van der Waals surface area contributed by atoms with Crippen molar-refractivity contribution in [3.8, 4) is 11.1 Å². The number of hydrogen-bond donors (Lipinski definition) is 0.